The topological polar surface area (TPSA) is 40.5 Å². The molecule has 3 rings (SSSR count). The zero-order valence-corrected chi connectivity index (χ0v) is 12.9. The van der Waals surface area contributed by atoms with Crippen LogP contribution in [0.2, 0.25) is 0 Å². The standard InChI is InChI=1S/C20H20O2/c1-13(2)6-5-7-14-10-11-17-18(12-14)20(22)16-9-4-3-8-15(16)19(17)21/h3-4,6,8-12,21-22H,5,7H2,1-2H3. The van der Waals surface area contributed by atoms with Gasteiger partial charge in [-0.25, -0.2) is 0 Å². The van der Waals surface area contributed by atoms with Crippen LogP contribution in [0.3, 0.4) is 0 Å². The molecule has 3 aromatic rings. The number of benzene rings is 3. The summed E-state index contributed by atoms with van der Waals surface area (Å²) in [6, 6.07) is 13.3. The van der Waals surface area contributed by atoms with Crippen molar-refractivity contribution in [2.24, 2.45) is 0 Å². The van der Waals surface area contributed by atoms with Gasteiger partial charge in [-0.15, -0.1) is 0 Å². The van der Waals surface area contributed by atoms with E-state index in [0.717, 1.165) is 18.4 Å². The quantitative estimate of drug-likeness (QED) is 0.390. The molecule has 0 spiro atoms. The molecule has 0 atom stereocenters. The second kappa shape index (κ2) is 5.72. The molecule has 0 bridgehead atoms. The Morgan fingerprint density at radius 3 is 2.09 bits per heavy atom. The van der Waals surface area contributed by atoms with E-state index >= 15 is 0 Å². The third-order valence-electron chi connectivity index (χ3n) is 4.02. The van der Waals surface area contributed by atoms with Gasteiger partial charge < -0.3 is 10.2 Å². The first-order chi connectivity index (χ1) is 10.6. The molecule has 0 radical (unpaired) electrons. The summed E-state index contributed by atoms with van der Waals surface area (Å²) >= 11 is 0. The van der Waals surface area contributed by atoms with Crippen LogP contribution in [0.1, 0.15) is 25.8 Å². The Hall–Kier alpha value is -2.48. The molecule has 0 aliphatic rings. The Kier molecular flexibility index (Phi) is 3.76. The highest BCUT2D eigenvalue weighted by Gasteiger charge is 2.12. The van der Waals surface area contributed by atoms with Crippen molar-refractivity contribution in [3.8, 4) is 11.5 Å². The molecule has 0 aliphatic carbocycles. The van der Waals surface area contributed by atoms with E-state index in [2.05, 4.69) is 19.9 Å². The van der Waals surface area contributed by atoms with Gasteiger partial charge in [-0.2, -0.15) is 0 Å². The monoisotopic (exact) mass is 292 g/mol. The van der Waals surface area contributed by atoms with Crippen LogP contribution in [-0.2, 0) is 6.42 Å². The Morgan fingerprint density at radius 1 is 0.864 bits per heavy atom. The van der Waals surface area contributed by atoms with Crippen LogP contribution < -0.4 is 0 Å². The van der Waals surface area contributed by atoms with Crippen molar-refractivity contribution in [1.82, 2.24) is 0 Å². The Bertz CT molecular complexity index is 872. The number of aromatic hydroxyl groups is 2. The first-order valence-electron chi connectivity index (χ1n) is 7.56. The molecule has 22 heavy (non-hydrogen) atoms. The normalized spacial score (nSPS) is 11.0. The number of fused-ring (bicyclic) bond motifs is 2. The Balaban J connectivity index is 2.13. The first-order valence-corrected chi connectivity index (χ1v) is 7.56. The maximum atomic E-state index is 10.5. The number of hydrogen-bond acceptors (Lipinski definition) is 2. The van der Waals surface area contributed by atoms with Gasteiger partial charge in [-0.3, -0.25) is 0 Å². The zero-order valence-electron chi connectivity index (χ0n) is 12.9. The maximum absolute atomic E-state index is 10.5. The third-order valence-corrected chi connectivity index (χ3v) is 4.02. The summed E-state index contributed by atoms with van der Waals surface area (Å²) in [5.74, 6) is 0.478. The molecule has 0 saturated heterocycles. The zero-order chi connectivity index (χ0) is 15.7. The molecule has 0 aliphatic heterocycles. The second-order valence-electron chi connectivity index (χ2n) is 5.94. The highest BCUT2D eigenvalue weighted by atomic mass is 16.3. The van der Waals surface area contributed by atoms with Gasteiger partial charge in [-0.1, -0.05) is 48.0 Å². The van der Waals surface area contributed by atoms with Gasteiger partial charge in [0.15, 0.2) is 0 Å². The van der Waals surface area contributed by atoms with Gasteiger partial charge >= 0.3 is 0 Å². The van der Waals surface area contributed by atoms with Crippen molar-refractivity contribution < 1.29 is 10.2 Å². The molecule has 0 unspecified atom stereocenters. The van der Waals surface area contributed by atoms with Crippen molar-refractivity contribution in [3.05, 3.63) is 59.7 Å². The summed E-state index contributed by atoms with van der Waals surface area (Å²) in [6.45, 7) is 4.19. The smallest absolute Gasteiger partial charge is 0.131 e. The lowest BCUT2D eigenvalue weighted by molar-refractivity contribution is 0.478. The van der Waals surface area contributed by atoms with E-state index < -0.39 is 0 Å². The van der Waals surface area contributed by atoms with E-state index in [1.54, 1.807) is 0 Å². The van der Waals surface area contributed by atoms with Crippen molar-refractivity contribution in [1.29, 1.82) is 0 Å². The number of phenolic OH excluding ortho intramolecular Hbond substituents is 2. The minimum absolute atomic E-state index is 0.235. The molecular weight excluding hydrogens is 272 g/mol. The SMILES string of the molecule is CC(C)=CCCc1ccc2c(O)c3ccccc3c(O)c2c1. The average molecular weight is 292 g/mol. The van der Waals surface area contributed by atoms with Crippen LogP contribution in [0.5, 0.6) is 11.5 Å². The van der Waals surface area contributed by atoms with Gasteiger partial charge in [0.05, 0.1) is 0 Å². The van der Waals surface area contributed by atoms with Crippen LogP contribution in [0, 0.1) is 0 Å². The van der Waals surface area contributed by atoms with Gasteiger partial charge in [-0.05, 0) is 38.3 Å². The molecular formula is C20H20O2. The lowest BCUT2D eigenvalue weighted by Crippen LogP contribution is -1.87. The fraction of sp³-hybridized carbons (Fsp3) is 0.200. The summed E-state index contributed by atoms with van der Waals surface area (Å²) in [4.78, 5) is 0. The molecule has 0 fully saturated rings. The van der Waals surface area contributed by atoms with Gasteiger partial charge in [0.25, 0.3) is 0 Å². The summed E-state index contributed by atoms with van der Waals surface area (Å²) in [6.07, 6.45) is 4.12. The van der Waals surface area contributed by atoms with Crippen molar-refractivity contribution in [2.45, 2.75) is 26.7 Å². The lowest BCUT2D eigenvalue weighted by atomic mass is 9.97. The molecule has 0 heterocycles. The molecule has 3 aromatic carbocycles. The van der Waals surface area contributed by atoms with Crippen LogP contribution in [0.25, 0.3) is 21.5 Å². The van der Waals surface area contributed by atoms with E-state index in [0.29, 0.717) is 21.5 Å². The minimum Gasteiger partial charge on any atom is -0.507 e. The number of aryl methyl sites for hydroxylation is 1. The number of hydrogen-bond donors (Lipinski definition) is 2. The Morgan fingerprint density at radius 2 is 1.45 bits per heavy atom. The number of rotatable bonds is 3. The highest BCUT2D eigenvalue weighted by Crippen LogP contribution is 2.41. The van der Waals surface area contributed by atoms with Crippen molar-refractivity contribution in [2.75, 3.05) is 0 Å². The van der Waals surface area contributed by atoms with Crippen molar-refractivity contribution >= 4 is 21.5 Å². The Labute approximate surface area is 130 Å². The lowest BCUT2D eigenvalue weighted by Gasteiger charge is -2.11. The summed E-state index contributed by atoms with van der Waals surface area (Å²) in [5, 5.41) is 23.8. The third kappa shape index (κ3) is 2.52. The van der Waals surface area contributed by atoms with E-state index in [4.69, 9.17) is 0 Å². The van der Waals surface area contributed by atoms with Gasteiger partial charge in [0.2, 0.25) is 0 Å². The number of allylic oxidation sites excluding steroid dienone is 2. The maximum Gasteiger partial charge on any atom is 0.131 e. The highest BCUT2D eigenvalue weighted by molar-refractivity contribution is 6.10. The molecule has 0 saturated carbocycles. The second-order valence-corrected chi connectivity index (χ2v) is 5.94. The average Bonchev–Trinajstić information content (AvgIpc) is 2.52. The van der Waals surface area contributed by atoms with Crippen LogP contribution in [0.15, 0.2) is 54.1 Å². The van der Waals surface area contributed by atoms with Crippen LogP contribution in [0.4, 0.5) is 0 Å². The predicted octanol–water partition coefficient (Wildman–Crippen LogP) is 5.30. The van der Waals surface area contributed by atoms with E-state index in [9.17, 15) is 10.2 Å². The van der Waals surface area contributed by atoms with E-state index in [1.807, 2.05) is 42.5 Å². The summed E-state index contributed by atoms with van der Waals surface area (Å²) in [7, 11) is 0. The molecule has 2 heteroatoms. The minimum atomic E-state index is 0.235. The predicted molar refractivity (Wildman–Crippen MR) is 92.5 cm³/mol. The van der Waals surface area contributed by atoms with E-state index in [1.165, 1.54) is 5.57 Å². The molecule has 112 valence electrons. The number of phenols is 2. The van der Waals surface area contributed by atoms with E-state index in [-0.39, 0.29) is 11.5 Å². The largest absolute Gasteiger partial charge is 0.507 e. The summed E-state index contributed by atoms with van der Waals surface area (Å²) in [5.41, 5.74) is 2.47. The fourth-order valence-electron chi connectivity index (χ4n) is 2.86. The van der Waals surface area contributed by atoms with Crippen molar-refractivity contribution in [3.63, 3.8) is 0 Å². The van der Waals surface area contributed by atoms with Gasteiger partial charge in [0.1, 0.15) is 11.5 Å². The fourth-order valence-corrected chi connectivity index (χ4v) is 2.86. The molecule has 0 amide bonds. The first kappa shape index (κ1) is 14.5. The summed E-state index contributed by atoms with van der Waals surface area (Å²) < 4.78 is 0. The van der Waals surface area contributed by atoms with Crippen LogP contribution in [-0.4, -0.2) is 10.2 Å². The molecule has 0 aromatic heterocycles. The molecule has 2 N–H and O–H groups in total. The van der Waals surface area contributed by atoms with Gasteiger partial charge in [0, 0.05) is 21.5 Å². The van der Waals surface area contributed by atoms with Crippen LogP contribution >= 0.6 is 0 Å². The molecule has 2 nitrogen and oxygen atoms in total.